The van der Waals surface area contributed by atoms with E-state index in [0.717, 1.165) is 17.9 Å². The number of carbonyl (C=O) groups is 2. The summed E-state index contributed by atoms with van der Waals surface area (Å²) in [5, 5.41) is 7.41. The molecule has 1 saturated carbocycles. The summed E-state index contributed by atoms with van der Waals surface area (Å²) < 4.78 is 29.1. The van der Waals surface area contributed by atoms with Gasteiger partial charge in [0.05, 0.1) is 11.1 Å². The molecule has 2 heterocycles. The summed E-state index contributed by atoms with van der Waals surface area (Å²) in [6, 6.07) is 5.99. The molecule has 4 rings (SSSR count). The summed E-state index contributed by atoms with van der Waals surface area (Å²) in [4.78, 5) is 24.4. The average molecular weight is 445 g/mol. The van der Waals surface area contributed by atoms with Crippen LogP contribution in [0.15, 0.2) is 35.4 Å². The first-order valence-electron chi connectivity index (χ1n) is 10.7. The number of ketones is 1. The summed E-state index contributed by atoms with van der Waals surface area (Å²) in [5.41, 5.74) is 1.41. The summed E-state index contributed by atoms with van der Waals surface area (Å²) >= 11 is 0. The van der Waals surface area contributed by atoms with E-state index >= 15 is 0 Å². The standard InChI is InChI=1S/C22H28N4O4S/c1-15-13-23-26(14-17-3-4-17)21(15)24-22(28)19-9-11-25(12-10-19)31(29,30)20-7-5-18(6-8-20)16(2)27/h5-8,13,17,19H,3-4,9-12,14H2,1-2H3,(H,24,28). The Bertz CT molecular complexity index is 1080. The molecule has 8 nitrogen and oxygen atoms in total. The zero-order valence-electron chi connectivity index (χ0n) is 17.9. The Kier molecular flexibility index (Phi) is 5.98. The lowest BCUT2D eigenvalue weighted by Crippen LogP contribution is -2.41. The molecule has 0 atom stereocenters. The van der Waals surface area contributed by atoms with Crippen molar-refractivity contribution in [2.75, 3.05) is 18.4 Å². The molecule has 0 unspecified atom stereocenters. The average Bonchev–Trinajstić information content (AvgIpc) is 3.52. The van der Waals surface area contributed by atoms with Crippen molar-refractivity contribution in [3.63, 3.8) is 0 Å². The van der Waals surface area contributed by atoms with E-state index in [2.05, 4.69) is 10.4 Å². The molecule has 1 aromatic carbocycles. The number of nitrogens with one attached hydrogen (secondary N) is 1. The first-order valence-corrected chi connectivity index (χ1v) is 12.1. The minimum atomic E-state index is -3.65. The van der Waals surface area contributed by atoms with Crippen molar-refractivity contribution in [2.45, 2.75) is 51.0 Å². The van der Waals surface area contributed by atoms with Gasteiger partial charge in [-0.1, -0.05) is 12.1 Å². The second-order valence-corrected chi connectivity index (χ2v) is 10.5. The Morgan fingerprint density at radius 2 is 1.74 bits per heavy atom. The number of amides is 1. The number of carbonyl (C=O) groups excluding carboxylic acids is 2. The van der Waals surface area contributed by atoms with E-state index in [4.69, 9.17) is 0 Å². The molecule has 166 valence electrons. The van der Waals surface area contributed by atoms with Crippen molar-refractivity contribution >= 4 is 27.5 Å². The minimum Gasteiger partial charge on any atom is -0.310 e. The Hall–Kier alpha value is -2.52. The fourth-order valence-electron chi connectivity index (χ4n) is 3.91. The highest BCUT2D eigenvalue weighted by molar-refractivity contribution is 7.89. The zero-order valence-corrected chi connectivity index (χ0v) is 18.7. The number of Topliss-reactive ketones (excluding diaryl/α,β-unsaturated/α-hetero) is 1. The SMILES string of the molecule is CC(=O)c1ccc(S(=O)(=O)N2CCC(C(=O)Nc3c(C)cnn3CC3CC3)CC2)cc1. The number of rotatable bonds is 7. The normalized spacial score (nSPS) is 18.1. The lowest BCUT2D eigenvalue weighted by molar-refractivity contribution is -0.121. The third kappa shape index (κ3) is 4.72. The predicted octanol–water partition coefficient (Wildman–Crippen LogP) is 2.84. The van der Waals surface area contributed by atoms with Crippen LogP contribution in [0.3, 0.4) is 0 Å². The highest BCUT2D eigenvalue weighted by Gasteiger charge is 2.33. The van der Waals surface area contributed by atoms with Crippen LogP contribution in [0.1, 0.15) is 48.5 Å². The summed E-state index contributed by atoms with van der Waals surface area (Å²) in [6.45, 7) is 4.77. The predicted molar refractivity (Wildman–Crippen MR) is 116 cm³/mol. The third-order valence-electron chi connectivity index (χ3n) is 6.12. The fourth-order valence-corrected chi connectivity index (χ4v) is 5.38. The Balaban J connectivity index is 1.37. The van der Waals surface area contributed by atoms with Crippen molar-refractivity contribution < 1.29 is 18.0 Å². The minimum absolute atomic E-state index is 0.0801. The number of hydrogen-bond donors (Lipinski definition) is 1. The molecule has 31 heavy (non-hydrogen) atoms. The van der Waals surface area contributed by atoms with E-state index in [1.54, 1.807) is 6.20 Å². The number of anilines is 1. The summed E-state index contributed by atoms with van der Waals surface area (Å²) in [5.74, 6) is 0.966. The largest absolute Gasteiger partial charge is 0.310 e. The topological polar surface area (TPSA) is 101 Å². The van der Waals surface area contributed by atoms with Crippen molar-refractivity contribution in [3.05, 3.63) is 41.6 Å². The first-order chi connectivity index (χ1) is 14.8. The molecule has 9 heteroatoms. The van der Waals surface area contributed by atoms with Gasteiger partial charge in [0.2, 0.25) is 15.9 Å². The van der Waals surface area contributed by atoms with Crippen LogP contribution in [-0.2, 0) is 21.4 Å². The van der Waals surface area contributed by atoms with Gasteiger partial charge >= 0.3 is 0 Å². The molecular weight excluding hydrogens is 416 g/mol. The fraction of sp³-hybridized carbons (Fsp3) is 0.500. The molecule has 1 saturated heterocycles. The van der Waals surface area contributed by atoms with Crippen LogP contribution in [0.4, 0.5) is 5.82 Å². The number of nitrogens with zero attached hydrogens (tertiary/aromatic N) is 3. The van der Waals surface area contributed by atoms with Crippen LogP contribution in [0.2, 0.25) is 0 Å². The molecule has 1 aliphatic carbocycles. The Morgan fingerprint density at radius 3 is 2.32 bits per heavy atom. The van der Waals surface area contributed by atoms with Gasteiger partial charge in [-0.2, -0.15) is 9.40 Å². The molecule has 1 aliphatic heterocycles. The Labute approximate surface area is 182 Å². The van der Waals surface area contributed by atoms with Gasteiger partial charge in [0.1, 0.15) is 5.82 Å². The summed E-state index contributed by atoms with van der Waals surface area (Å²) in [6.07, 6.45) is 5.11. The zero-order chi connectivity index (χ0) is 22.2. The molecule has 2 fully saturated rings. The second-order valence-electron chi connectivity index (χ2n) is 8.55. The van der Waals surface area contributed by atoms with Crippen LogP contribution in [0, 0.1) is 18.8 Å². The Morgan fingerprint density at radius 1 is 1.10 bits per heavy atom. The van der Waals surface area contributed by atoms with Crippen LogP contribution < -0.4 is 5.32 Å². The number of piperidine rings is 1. The molecule has 0 radical (unpaired) electrons. The van der Waals surface area contributed by atoms with Gasteiger partial charge in [-0.3, -0.25) is 9.59 Å². The quantitative estimate of drug-likeness (QED) is 0.662. The van der Waals surface area contributed by atoms with Crippen LogP contribution >= 0.6 is 0 Å². The number of benzene rings is 1. The number of aromatic nitrogens is 2. The van der Waals surface area contributed by atoms with Crippen molar-refractivity contribution in [1.82, 2.24) is 14.1 Å². The van der Waals surface area contributed by atoms with Gasteiger partial charge in [0.15, 0.2) is 5.78 Å². The van der Waals surface area contributed by atoms with Crippen LogP contribution in [0.25, 0.3) is 0 Å². The maximum absolute atomic E-state index is 12.9. The van der Waals surface area contributed by atoms with Gasteiger partial charge in [0, 0.05) is 36.7 Å². The smallest absolute Gasteiger partial charge is 0.243 e. The van der Waals surface area contributed by atoms with Gasteiger partial charge in [-0.15, -0.1) is 0 Å². The van der Waals surface area contributed by atoms with E-state index in [-0.39, 0.29) is 35.6 Å². The number of sulfonamides is 1. The molecule has 0 spiro atoms. The summed E-state index contributed by atoms with van der Waals surface area (Å²) in [7, 11) is -3.65. The van der Waals surface area contributed by atoms with Crippen molar-refractivity contribution in [1.29, 1.82) is 0 Å². The number of aryl methyl sites for hydroxylation is 1. The van der Waals surface area contributed by atoms with Crippen LogP contribution in [-0.4, -0.2) is 47.3 Å². The lowest BCUT2D eigenvalue weighted by Gasteiger charge is -2.30. The van der Waals surface area contributed by atoms with E-state index in [0.29, 0.717) is 24.3 Å². The monoisotopic (exact) mass is 444 g/mol. The molecule has 2 aromatic rings. The molecule has 1 N–H and O–H groups in total. The maximum atomic E-state index is 12.9. The lowest BCUT2D eigenvalue weighted by atomic mass is 9.97. The van der Waals surface area contributed by atoms with E-state index in [1.165, 1.54) is 48.3 Å². The highest BCUT2D eigenvalue weighted by Crippen LogP contribution is 2.32. The molecule has 1 aromatic heterocycles. The van der Waals surface area contributed by atoms with E-state index in [9.17, 15) is 18.0 Å². The highest BCUT2D eigenvalue weighted by atomic mass is 32.2. The van der Waals surface area contributed by atoms with Crippen LogP contribution in [0.5, 0.6) is 0 Å². The second kappa shape index (κ2) is 8.55. The van der Waals surface area contributed by atoms with Crippen molar-refractivity contribution in [2.24, 2.45) is 11.8 Å². The van der Waals surface area contributed by atoms with E-state index in [1.807, 2.05) is 11.6 Å². The molecule has 0 bridgehead atoms. The third-order valence-corrected chi connectivity index (χ3v) is 8.03. The maximum Gasteiger partial charge on any atom is 0.243 e. The van der Waals surface area contributed by atoms with Crippen molar-refractivity contribution in [3.8, 4) is 0 Å². The van der Waals surface area contributed by atoms with E-state index < -0.39 is 10.0 Å². The molecule has 2 aliphatic rings. The number of hydrogen-bond acceptors (Lipinski definition) is 5. The van der Waals surface area contributed by atoms with Gasteiger partial charge in [-0.05, 0) is 57.6 Å². The van der Waals surface area contributed by atoms with Gasteiger partial charge < -0.3 is 5.32 Å². The van der Waals surface area contributed by atoms with Gasteiger partial charge in [-0.25, -0.2) is 13.1 Å². The molecule has 1 amide bonds. The first kappa shape index (κ1) is 21.7. The van der Waals surface area contributed by atoms with Gasteiger partial charge in [0.25, 0.3) is 0 Å². The molecular formula is C22H28N4O4S.